The van der Waals surface area contributed by atoms with E-state index in [-0.39, 0.29) is 17.9 Å². The third-order valence-electron chi connectivity index (χ3n) is 5.14. The molecule has 2 rings (SSSR count). The van der Waals surface area contributed by atoms with E-state index >= 15 is 0 Å². The molecule has 0 saturated carbocycles. The molecule has 0 bridgehead atoms. The van der Waals surface area contributed by atoms with Crippen molar-refractivity contribution in [2.45, 2.75) is 64.9 Å². The minimum atomic E-state index is -1.92. The standard InChI is InChI=1S/C20H29NO3Si/c1-6-25(7-2,8-3)24-18-17(14-15(4)5)21(20(18)23)19(22)16-12-10-9-11-13-16/h9-14,17-18H,6-8H2,1-5H3. The molecule has 1 heterocycles. The maximum atomic E-state index is 12.8. The second-order valence-electron chi connectivity index (χ2n) is 6.90. The highest BCUT2D eigenvalue weighted by molar-refractivity contribution is 6.73. The minimum Gasteiger partial charge on any atom is -0.403 e. The zero-order chi connectivity index (χ0) is 18.6. The largest absolute Gasteiger partial charge is 0.403 e. The van der Waals surface area contributed by atoms with Crippen molar-refractivity contribution in [2.75, 3.05) is 0 Å². The Morgan fingerprint density at radius 1 is 1.12 bits per heavy atom. The van der Waals surface area contributed by atoms with Crippen LogP contribution in [0.2, 0.25) is 18.1 Å². The monoisotopic (exact) mass is 359 g/mol. The van der Waals surface area contributed by atoms with E-state index in [2.05, 4.69) is 20.8 Å². The van der Waals surface area contributed by atoms with Gasteiger partial charge in [-0.15, -0.1) is 0 Å². The molecule has 0 N–H and O–H groups in total. The molecule has 1 fully saturated rings. The highest BCUT2D eigenvalue weighted by Gasteiger charge is 2.53. The third-order valence-corrected chi connectivity index (χ3v) is 9.76. The predicted molar refractivity (Wildman–Crippen MR) is 103 cm³/mol. The van der Waals surface area contributed by atoms with Crippen LogP contribution in [0.5, 0.6) is 0 Å². The van der Waals surface area contributed by atoms with Crippen molar-refractivity contribution in [2.24, 2.45) is 0 Å². The van der Waals surface area contributed by atoms with Crippen LogP contribution in [0.1, 0.15) is 45.0 Å². The van der Waals surface area contributed by atoms with Crippen LogP contribution in [-0.4, -0.2) is 37.2 Å². The van der Waals surface area contributed by atoms with E-state index in [0.29, 0.717) is 5.56 Å². The van der Waals surface area contributed by atoms with Crippen molar-refractivity contribution in [1.29, 1.82) is 0 Å². The number of carbonyl (C=O) groups is 2. The Balaban J connectivity index is 2.28. The van der Waals surface area contributed by atoms with E-state index in [1.54, 1.807) is 12.1 Å². The topological polar surface area (TPSA) is 46.6 Å². The molecule has 0 spiro atoms. The molecule has 0 radical (unpaired) electrons. The Hall–Kier alpha value is -1.72. The maximum absolute atomic E-state index is 12.8. The van der Waals surface area contributed by atoms with Gasteiger partial charge in [-0.25, -0.2) is 0 Å². The first-order chi connectivity index (χ1) is 11.9. The molecule has 1 aliphatic rings. The number of likely N-dealkylation sites (tertiary alicyclic amines) is 1. The van der Waals surface area contributed by atoms with E-state index in [9.17, 15) is 9.59 Å². The Morgan fingerprint density at radius 2 is 1.68 bits per heavy atom. The summed E-state index contributed by atoms with van der Waals surface area (Å²) < 4.78 is 6.41. The smallest absolute Gasteiger partial charge is 0.261 e. The van der Waals surface area contributed by atoms with E-state index in [1.165, 1.54) is 4.90 Å². The lowest BCUT2D eigenvalue weighted by Crippen LogP contribution is -2.69. The van der Waals surface area contributed by atoms with Crippen LogP contribution >= 0.6 is 0 Å². The first-order valence-electron chi connectivity index (χ1n) is 9.14. The zero-order valence-corrected chi connectivity index (χ0v) is 16.9. The fourth-order valence-corrected chi connectivity index (χ4v) is 6.11. The lowest BCUT2D eigenvalue weighted by atomic mass is 9.94. The van der Waals surface area contributed by atoms with Gasteiger partial charge in [0.2, 0.25) is 0 Å². The average molecular weight is 360 g/mol. The van der Waals surface area contributed by atoms with Gasteiger partial charge in [0.1, 0.15) is 6.10 Å². The first-order valence-corrected chi connectivity index (χ1v) is 11.7. The van der Waals surface area contributed by atoms with Gasteiger partial charge in [-0.05, 0) is 44.1 Å². The first kappa shape index (κ1) is 19.6. The number of rotatable bonds is 7. The van der Waals surface area contributed by atoms with Crippen LogP contribution < -0.4 is 0 Å². The number of amides is 2. The zero-order valence-electron chi connectivity index (χ0n) is 15.9. The average Bonchev–Trinajstić information content (AvgIpc) is 2.63. The molecule has 2 unspecified atom stereocenters. The highest BCUT2D eigenvalue weighted by Crippen LogP contribution is 2.33. The number of benzene rings is 1. The predicted octanol–water partition coefficient (Wildman–Crippen LogP) is 4.39. The number of nitrogens with zero attached hydrogens (tertiary/aromatic N) is 1. The quantitative estimate of drug-likeness (QED) is 0.314. The molecule has 25 heavy (non-hydrogen) atoms. The maximum Gasteiger partial charge on any atom is 0.261 e. The normalized spacial score (nSPS) is 20.2. The molecule has 5 heteroatoms. The lowest BCUT2D eigenvalue weighted by molar-refractivity contribution is -0.154. The fraction of sp³-hybridized carbons (Fsp3) is 0.500. The van der Waals surface area contributed by atoms with Gasteiger partial charge < -0.3 is 4.43 Å². The van der Waals surface area contributed by atoms with Gasteiger partial charge in [0.05, 0.1) is 6.04 Å². The summed E-state index contributed by atoms with van der Waals surface area (Å²) in [6.45, 7) is 10.4. The molecule has 0 aliphatic carbocycles. The van der Waals surface area contributed by atoms with Crippen molar-refractivity contribution in [3.05, 3.63) is 47.5 Å². The number of carbonyl (C=O) groups excluding carboxylic acids is 2. The molecule has 1 saturated heterocycles. The molecular weight excluding hydrogens is 330 g/mol. The summed E-state index contributed by atoms with van der Waals surface area (Å²) in [5.41, 5.74) is 1.61. The molecule has 1 aromatic carbocycles. The number of imide groups is 1. The van der Waals surface area contributed by atoms with Crippen molar-refractivity contribution < 1.29 is 14.0 Å². The number of β-lactam (4-membered cyclic amide) rings is 1. The Morgan fingerprint density at radius 3 is 2.16 bits per heavy atom. The van der Waals surface area contributed by atoms with Crippen molar-refractivity contribution in [3.8, 4) is 0 Å². The lowest BCUT2D eigenvalue weighted by Gasteiger charge is -2.47. The molecule has 136 valence electrons. The SMILES string of the molecule is CC[Si](CC)(CC)OC1C(=O)N(C(=O)c2ccccc2)C1C=C(C)C. The number of hydrogen-bond acceptors (Lipinski definition) is 3. The molecule has 1 aliphatic heterocycles. The molecule has 0 aromatic heterocycles. The molecule has 4 nitrogen and oxygen atoms in total. The number of hydrogen-bond donors (Lipinski definition) is 0. The van der Waals surface area contributed by atoms with Crippen LogP contribution in [0, 0.1) is 0 Å². The van der Waals surface area contributed by atoms with Gasteiger partial charge in [-0.3, -0.25) is 14.5 Å². The van der Waals surface area contributed by atoms with E-state index in [4.69, 9.17) is 4.43 Å². The van der Waals surface area contributed by atoms with Crippen molar-refractivity contribution in [1.82, 2.24) is 4.90 Å². The van der Waals surface area contributed by atoms with E-state index in [0.717, 1.165) is 23.7 Å². The van der Waals surface area contributed by atoms with Gasteiger partial charge >= 0.3 is 0 Å². The van der Waals surface area contributed by atoms with Crippen LogP contribution in [0.3, 0.4) is 0 Å². The highest BCUT2D eigenvalue weighted by atomic mass is 28.4. The van der Waals surface area contributed by atoms with Gasteiger partial charge in [-0.2, -0.15) is 0 Å². The van der Waals surface area contributed by atoms with Crippen LogP contribution in [-0.2, 0) is 9.22 Å². The second kappa shape index (κ2) is 8.10. The fourth-order valence-electron chi connectivity index (χ4n) is 3.33. The van der Waals surface area contributed by atoms with Crippen molar-refractivity contribution >= 4 is 20.1 Å². The molecule has 2 amide bonds. The molecule has 2 atom stereocenters. The summed E-state index contributed by atoms with van der Waals surface area (Å²) in [7, 11) is -1.92. The second-order valence-corrected chi connectivity index (χ2v) is 11.6. The molecule has 1 aromatic rings. The van der Waals surface area contributed by atoms with Gasteiger partial charge in [0.25, 0.3) is 11.8 Å². The summed E-state index contributed by atoms with van der Waals surface area (Å²) in [6, 6.07) is 11.6. The van der Waals surface area contributed by atoms with E-state index in [1.807, 2.05) is 38.1 Å². The van der Waals surface area contributed by atoms with Gasteiger partial charge in [0, 0.05) is 5.56 Å². The van der Waals surface area contributed by atoms with Crippen molar-refractivity contribution in [3.63, 3.8) is 0 Å². The minimum absolute atomic E-state index is 0.205. The van der Waals surface area contributed by atoms with Gasteiger partial charge in [0.15, 0.2) is 8.32 Å². The van der Waals surface area contributed by atoms with Crippen LogP contribution in [0.25, 0.3) is 0 Å². The third kappa shape index (κ3) is 3.93. The van der Waals surface area contributed by atoms with Gasteiger partial charge in [-0.1, -0.05) is 50.6 Å². The Kier molecular flexibility index (Phi) is 6.35. The summed E-state index contributed by atoms with van der Waals surface area (Å²) in [6.07, 6.45) is 1.46. The summed E-state index contributed by atoms with van der Waals surface area (Å²) in [5, 5.41) is 0. The molecular formula is C20H29NO3Si. The summed E-state index contributed by atoms with van der Waals surface area (Å²) in [4.78, 5) is 26.9. The van der Waals surface area contributed by atoms with Crippen LogP contribution in [0.15, 0.2) is 42.0 Å². The van der Waals surface area contributed by atoms with E-state index < -0.39 is 14.4 Å². The Labute approximate surface area is 152 Å². The summed E-state index contributed by atoms with van der Waals surface area (Å²) in [5.74, 6) is -0.451. The Bertz CT molecular complexity index is 640. The number of allylic oxidation sites excluding steroid dienone is 1. The van der Waals surface area contributed by atoms with Crippen LogP contribution in [0.4, 0.5) is 0 Å². The summed E-state index contributed by atoms with van der Waals surface area (Å²) >= 11 is 0.